The summed E-state index contributed by atoms with van der Waals surface area (Å²) in [5, 5.41) is 11.0. The van der Waals surface area contributed by atoms with E-state index in [2.05, 4.69) is 4.74 Å². The van der Waals surface area contributed by atoms with E-state index >= 15 is 0 Å². The van der Waals surface area contributed by atoms with E-state index in [0.29, 0.717) is 6.42 Å². The lowest BCUT2D eigenvalue weighted by Gasteiger charge is -2.12. The van der Waals surface area contributed by atoms with Gasteiger partial charge in [0.2, 0.25) is 0 Å². The van der Waals surface area contributed by atoms with E-state index in [0.717, 1.165) is 13.2 Å². The van der Waals surface area contributed by atoms with Gasteiger partial charge in [-0.05, 0) is 19.4 Å². The summed E-state index contributed by atoms with van der Waals surface area (Å²) in [6.07, 6.45) is 0.146. The number of ether oxygens (including phenoxy) is 2. The predicted molar refractivity (Wildman–Crippen MR) is 69.6 cm³/mol. The van der Waals surface area contributed by atoms with Crippen LogP contribution in [-0.2, 0) is 9.47 Å². The Balaban J connectivity index is 3.35. The van der Waals surface area contributed by atoms with Crippen LogP contribution >= 0.6 is 0 Å². The smallest absolute Gasteiger partial charge is 0.346 e. The Bertz CT molecular complexity index is 540. The van der Waals surface area contributed by atoms with Crippen LogP contribution in [0.4, 0.5) is 5.69 Å². The molecule has 0 N–H and O–H groups in total. The highest BCUT2D eigenvalue weighted by Crippen LogP contribution is 2.24. The fraction of sp³-hybridized carbons (Fsp3) is 0.385. The molecule has 20 heavy (non-hydrogen) atoms. The minimum absolute atomic E-state index is 0.185. The molecule has 1 aromatic rings. The number of rotatable bonds is 5. The molecule has 0 aromatic heterocycles. The Morgan fingerprint density at radius 3 is 2.50 bits per heavy atom. The quantitative estimate of drug-likeness (QED) is 0.467. The van der Waals surface area contributed by atoms with E-state index in [-0.39, 0.29) is 11.1 Å². The van der Waals surface area contributed by atoms with Gasteiger partial charge in [-0.15, -0.1) is 0 Å². The molecular formula is C13H15NO6. The standard InChI is InChI=1S/C13H15NO6/c1-4-8(2)20-13(16)11-9(12(15)19-3)6-5-7-10(11)14(17)18/h5-8H,4H2,1-3H3. The second-order valence-corrected chi connectivity index (χ2v) is 4.07. The van der Waals surface area contributed by atoms with Crippen molar-refractivity contribution in [2.24, 2.45) is 0 Å². The Kier molecular flexibility index (Phi) is 5.19. The van der Waals surface area contributed by atoms with Crippen molar-refractivity contribution >= 4 is 17.6 Å². The minimum atomic E-state index is -0.910. The first-order valence-corrected chi connectivity index (χ1v) is 5.99. The van der Waals surface area contributed by atoms with Crippen LogP contribution in [0.2, 0.25) is 0 Å². The van der Waals surface area contributed by atoms with Gasteiger partial charge in [-0.2, -0.15) is 0 Å². The lowest BCUT2D eigenvalue weighted by Crippen LogP contribution is -2.19. The van der Waals surface area contributed by atoms with E-state index in [1.54, 1.807) is 13.8 Å². The maximum atomic E-state index is 12.0. The van der Waals surface area contributed by atoms with Gasteiger partial charge in [0.05, 0.1) is 23.7 Å². The highest BCUT2D eigenvalue weighted by Gasteiger charge is 2.29. The summed E-state index contributed by atoms with van der Waals surface area (Å²) < 4.78 is 9.58. The monoisotopic (exact) mass is 281 g/mol. The van der Waals surface area contributed by atoms with Crippen LogP contribution in [0.3, 0.4) is 0 Å². The zero-order valence-electron chi connectivity index (χ0n) is 11.4. The molecule has 0 fully saturated rings. The molecule has 0 aliphatic rings. The molecule has 0 spiro atoms. The number of nitro groups is 1. The minimum Gasteiger partial charge on any atom is -0.465 e. The molecule has 108 valence electrons. The van der Waals surface area contributed by atoms with E-state index < -0.39 is 28.7 Å². The molecule has 0 amide bonds. The zero-order chi connectivity index (χ0) is 15.3. The SMILES string of the molecule is CCC(C)OC(=O)c1c(C(=O)OC)cccc1[N+](=O)[O-]. The third-order valence-corrected chi connectivity index (χ3v) is 2.73. The highest BCUT2D eigenvalue weighted by atomic mass is 16.6. The Labute approximate surface area is 115 Å². The van der Waals surface area contributed by atoms with Gasteiger partial charge >= 0.3 is 11.9 Å². The summed E-state index contributed by atoms with van der Waals surface area (Å²) >= 11 is 0. The van der Waals surface area contributed by atoms with Crippen LogP contribution in [0.25, 0.3) is 0 Å². The number of carbonyl (C=O) groups is 2. The molecule has 1 rings (SSSR count). The summed E-state index contributed by atoms with van der Waals surface area (Å²) in [4.78, 5) is 33.9. The first kappa shape index (κ1) is 15.6. The summed E-state index contributed by atoms with van der Waals surface area (Å²) in [7, 11) is 1.13. The van der Waals surface area contributed by atoms with Crippen molar-refractivity contribution in [1.82, 2.24) is 0 Å². The molecule has 0 aliphatic heterocycles. The number of nitro benzene ring substituents is 1. The average Bonchev–Trinajstić information content (AvgIpc) is 2.45. The van der Waals surface area contributed by atoms with Crippen LogP contribution in [-0.4, -0.2) is 30.1 Å². The normalized spacial score (nSPS) is 11.6. The van der Waals surface area contributed by atoms with Gasteiger partial charge < -0.3 is 9.47 Å². The van der Waals surface area contributed by atoms with E-state index in [4.69, 9.17) is 4.74 Å². The van der Waals surface area contributed by atoms with E-state index in [9.17, 15) is 19.7 Å². The van der Waals surface area contributed by atoms with Gasteiger partial charge in [0.1, 0.15) is 0 Å². The van der Waals surface area contributed by atoms with Gasteiger partial charge in [0.15, 0.2) is 5.56 Å². The van der Waals surface area contributed by atoms with Gasteiger partial charge in [-0.1, -0.05) is 13.0 Å². The summed E-state index contributed by atoms with van der Waals surface area (Å²) in [5.41, 5.74) is -1.05. The number of methoxy groups -OCH3 is 1. The molecule has 7 heteroatoms. The van der Waals surface area contributed by atoms with Crippen LogP contribution in [0.1, 0.15) is 41.0 Å². The molecule has 0 bridgehead atoms. The third-order valence-electron chi connectivity index (χ3n) is 2.73. The van der Waals surface area contributed by atoms with Crippen LogP contribution in [0, 0.1) is 10.1 Å². The molecule has 1 unspecified atom stereocenters. The van der Waals surface area contributed by atoms with Crippen molar-refractivity contribution in [2.45, 2.75) is 26.4 Å². The Morgan fingerprint density at radius 2 is 2.00 bits per heavy atom. The van der Waals surface area contributed by atoms with Crippen molar-refractivity contribution in [3.8, 4) is 0 Å². The molecule has 0 heterocycles. The molecule has 7 nitrogen and oxygen atoms in total. The fourth-order valence-corrected chi connectivity index (χ4v) is 1.51. The second kappa shape index (κ2) is 6.65. The maximum Gasteiger partial charge on any atom is 0.346 e. The number of carbonyl (C=O) groups excluding carboxylic acids is 2. The molecule has 0 radical (unpaired) electrons. The molecular weight excluding hydrogens is 266 g/mol. The maximum absolute atomic E-state index is 12.0. The lowest BCUT2D eigenvalue weighted by atomic mass is 10.1. The Hall–Kier alpha value is -2.44. The topological polar surface area (TPSA) is 95.7 Å². The third kappa shape index (κ3) is 3.31. The largest absolute Gasteiger partial charge is 0.465 e. The van der Waals surface area contributed by atoms with Gasteiger partial charge in [0.25, 0.3) is 5.69 Å². The lowest BCUT2D eigenvalue weighted by molar-refractivity contribution is -0.385. The van der Waals surface area contributed by atoms with Crippen molar-refractivity contribution in [1.29, 1.82) is 0 Å². The summed E-state index contributed by atoms with van der Waals surface area (Å²) in [5.74, 6) is -1.74. The number of benzene rings is 1. The first-order chi connectivity index (χ1) is 9.42. The average molecular weight is 281 g/mol. The molecule has 0 aliphatic carbocycles. The fourth-order valence-electron chi connectivity index (χ4n) is 1.51. The van der Waals surface area contributed by atoms with Crippen molar-refractivity contribution in [3.63, 3.8) is 0 Å². The number of hydrogen-bond donors (Lipinski definition) is 0. The molecule has 0 saturated heterocycles. The number of esters is 2. The molecule has 1 atom stereocenters. The van der Waals surface area contributed by atoms with Crippen LogP contribution in [0.15, 0.2) is 18.2 Å². The van der Waals surface area contributed by atoms with Crippen molar-refractivity contribution in [2.75, 3.05) is 7.11 Å². The van der Waals surface area contributed by atoms with E-state index in [1.165, 1.54) is 12.1 Å². The van der Waals surface area contributed by atoms with E-state index in [1.807, 2.05) is 0 Å². The summed E-state index contributed by atoms with van der Waals surface area (Å²) in [6, 6.07) is 3.73. The number of hydrogen-bond acceptors (Lipinski definition) is 6. The van der Waals surface area contributed by atoms with Gasteiger partial charge in [-0.25, -0.2) is 9.59 Å². The highest BCUT2D eigenvalue weighted by molar-refractivity contribution is 6.06. The van der Waals surface area contributed by atoms with Gasteiger partial charge in [-0.3, -0.25) is 10.1 Å². The molecule has 0 saturated carbocycles. The van der Waals surface area contributed by atoms with Crippen molar-refractivity contribution in [3.05, 3.63) is 39.4 Å². The molecule has 1 aromatic carbocycles. The first-order valence-electron chi connectivity index (χ1n) is 5.99. The van der Waals surface area contributed by atoms with Crippen LogP contribution in [0.5, 0.6) is 0 Å². The summed E-state index contributed by atoms with van der Waals surface area (Å²) in [6.45, 7) is 3.46. The Morgan fingerprint density at radius 1 is 1.35 bits per heavy atom. The van der Waals surface area contributed by atoms with Crippen molar-refractivity contribution < 1.29 is 24.0 Å². The zero-order valence-corrected chi connectivity index (χ0v) is 11.4. The second-order valence-electron chi connectivity index (χ2n) is 4.07. The predicted octanol–water partition coefficient (Wildman–Crippen LogP) is 2.34. The van der Waals surface area contributed by atoms with Crippen LogP contribution < -0.4 is 0 Å². The van der Waals surface area contributed by atoms with Gasteiger partial charge in [0, 0.05) is 6.07 Å². The number of nitrogens with zero attached hydrogens (tertiary/aromatic N) is 1.